The van der Waals surface area contributed by atoms with Crippen molar-refractivity contribution in [3.8, 4) is 28.8 Å². The first kappa shape index (κ1) is 15.5. The van der Waals surface area contributed by atoms with Crippen molar-refractivity contribution in [3.63, 3.8) is 0 Å². The summed E-state index contributed by atoms with van der Waals surface area (Å²) in [6, 6.07) is 20.6. The van der Waals surface area contributed by atoms with Gasteiger partial charge >= 0.3 is 5.69 Å². The number of hydrogen-bond donors (Lipinski definition) is 0. The smallest absolute Gasteiger partial charge is 0.334 e. The molecule has 24 heavy (non-hydrogen) atoms. The summed E-state index contributed by atoms with van der Waals surface area (Å²) >= 11 is 0. The minimum Gasteiger partial charge on any atom is -0.457 e. The summed E-state index contributed by atoms with van der Waals surface area (Å²) in [6.07, 6.45) is 0. The molecule has 0 saturated carbocycles. The molecule has 0 aliphatic heterocycles. The molecule has 118 valence electrons. The van der Waals surface area contributed by atoms with Crippen LogP contribution in [0.25, 0.3) is 11.3 Å². The van der Waals surface area contributed by atoms with Crippen molar-refractivity contribution in [3.05, 3.63) is 78.2 Å². The molecule has 0 N–H and O–H groups in total. The van der Waals surface area contributed by atoms with E-state index in [0.717, 1.165) is 11.3 Å². The summed E-state index contributed by atoms with van der Waals surface area (Å²) in [4.78, 5) is 5.29. The van der Waals surface area contributed by atoms with Crippen LogP contribution in [0.4, 0.5) is 4.39 Å². The first-order valence-electron chi connectivity index (χ1n) is 7.25. The summed E-state index contributed by atoms with van der Waals surface area (Å²) in [6.45, 7) is 0. The Balaban J connectivity index is 1.87. The van der Waals surface area contributed by atoms with Crippen molar-refractivity contribution in [2.45, 2.75) is 0 Å². The van der Waals surface area contributed by atoms with Crippen molar-refractivity contribution >= 4 is 0 Å². The van der Waals surface area contributed by atoms with Crippen LogP contribution >= 0.6 is 0 Å². The number of nitriles is 1. The van der Waals surface area contributed by atoms with Gasteiger partial charge in [-0.25, -0.2) is 4.39 Å². The van der Waals surface area contributed by atoms with Crippen molar-refractivity contribution in [1.29, 1.82) is 5.26 Å². The molecule has 3 aromatic rings. The predicted molar refractivity (Wildman–Crippen MR) is 85.8 cm³/mol. The van der Waals surface area contributed by atoms with E-state index in [2.05, 4.69) is 6.07 Å². The van der Waals surface area contributed by atoms with E-state index in [0.29, 0.717) is 17.2 Å². The molecular weight excluding hydrogens is 307 g/mol. The Morgan fingerprint density at radius 1 is 0.917 bits per heavy atom. The van der Waals surface area contributed by atoms with Crippen LogP contribution in [0.15, 0.2) is 66.7 Å². The van der Waals surface area contributed by atoms with Gasteiger partial charge in [0, 0.05) is 16.9 Å². The second kappa shape index (κ2) is 6.80. The molecule has 0 atom stereocenters. The summed E-state index contributed by atoms with van der Waals surface area (Å²) in [5.41, 5.74) is 2.03. The molecule has 0 amide bonds. The lowest BCUT2D eigenvalue weighted by Crippen LogP contribution is -2.45. The first-order chi connectivity index (χ1) is 11.7. The van der Waals surface area contributed by atoms with Crippen molar-refractivity contribution < 1.29 is 18.7 Å². The lowest BCUT2D eigenvalue weighted by Gasteiger charge is -2.06. The predicted octanol–water partition coefficient (Wildman–Crippen LogP) is 3.50. The maximum atomic E-state index is 12.9. The molecule has 0 saturated heterocycles. The fraction of sp³-hybridized carbons (Fsp3) is 0.0526. The first-order valence-corrected chi connectivity index (χ1v) is 7.25. The summed E-state index contributed by atoms with van der Waals surface area (Å²) < 4.78 is 20.0. The van der Waals surface area contributed by atoms with Gasteiger partial charge < -0.3 is 4.74 Å². The zero-order valence-corrected chi connectivity index (χ0v) is 12.9. The quantitative estimate of drug-likeness (QED) is 0.691. The van der Waals surface area contributed by atoms with Gasteiger partial charge in [-0.2, -0.15) is 5.26 Å². The van der Waals surface area contributed by atoms with Gasteiger partial charge in [-0.1, -0.05) is 0 Å². The zero-order valence-electron chi connectivity index (χ0n) is 12.9. The van der Waals surface area contributed by atoms with Gasteiger partial charge in [0.05, 0.1) is 5.56 Å². The van der Waals surface area contributed by atoms with E-state index >= 15 is 0 Å². The molecule has 0 radical (unpaired) electrons. The Morgan fingerprint density at radius 2 is 1.54 bits per heavy atom. The Morgan fingerprint density at radius 3 is 2.12 bits per heavy atom. The maximum absolute atomic E-state index is 12.9. The minimum absolute atomic E-state index is 0.306. The van der Waals surface area contributed by atoms with E-state index < -0.39 is 0 Å². The highest BCUT2D eigenvalue weighted by Gasteiger charge is 2.19. The second-order valence-corrected chi connectivity index (χ2v) is 4.97. The number of nitrogens with zero attached hydrogens (tertiary/aromatic N) is 2. The fourth-order valence-electron chi connectivity index (χ4n) is 2.32. The molecule has 3 rings (SSSR count). The molecule has 0 unspecified atom stereocenters. The lowest BCUT2D eigenvalue weighted by molar-refractivity contribution is -0.878. The van der Waals surface area contributed by atoms with Gasteiger partial charge in [-0.05, 0) is 54.6 Å². The topological polar surface area (TPSA) is 46.1 Å². The van der Waals surface area contributed by atoms with E-state index in [1.807, 2.05) is 18.2 Å². The highest BCUT2D eigenvalue weighted by atomic mass is 19.1. The standard InChI is InChI=1S/C19H14FN2O2/c1-23-22-16(13-21)3-2-4-19(22)14-5-9-17(10-6-14)24-18-11-7-15(20)8-12-18/h2-12H,1H3/q+1. The van der Waals surface area contributed by atoms with Crippen LogP contribution in [0.2, 0.25) is 0 Å². The number of aromatic nitrogens is 1. The van der Waals surface area contributed by atoms with Crippen LogP contribution < -0.4 is 14.3 Å². The number of hydrogen-bond acceptors (Lipinski definition) is 3. The molecule has 0 bridgehead atoms. The number of halogens is 1. The highest BCUT2D eigenvalue weighted by molar-refractivity contribution is 5.57. The highest BCUT2D eigenvalue weighted by Crippen LogP contribution is 2.24. The average Bonchev–Trinajstić information content (AvgIpc) is 2.63. The van der Waals surface area contributed by atoms with E-state index in [4.69, 9.17) is 14.8 Å². The van der Waals surface area contributed by atoms with Crippen LogP contribution in [0.3, 0.4) is 0 Å². The summed E-state index contributed by atoms with van der Waals surface area (Å²) in [5.74, 6) is 0.882. The molecule has 5 heteroatoms. The Bertz CT molecular complexity index is 885. The number of ether oxygens (including phenoxy) is 1. The van der Waals surface area contributed by atoms with E-state index in [9.17, 15) is 4.39 Å². The minimum atomic E-state index is -0.306. The normalized spacial score (nSPS) is 10.0. The fourth-order valence-corrected chi connectivity index (χ4v) is 2.32. The monoisotopic (exact) mass is 321 g/mol. The zero-order chi connectivity index (χ0) is 16.9. The maximum Gasteiger partial charge on any atom is 0.334 e. The Labute approximate surface area is 138 Å². The van der Waals surface area contributed by atoms with Crippen molar-refractivity contribution in [2.24, 2.45) is 0 Å². The van der Waals surface area contributed by atoms with Gasteiger partial charge in [0.25, 0.3) is 5.69 Å². The van der Waals surface area contributed by atoms with Crippen LogP contribution in [0.5, 0.6) is 11.5 Å². The third kappa shape index (κ3) is 3.18. The molecule has 4 nitrogen and oxygen atoms in total. The Hall–Kier alpha value is -3.39. The van der Waals surface area contributed by atoms with Gasteiger partial charge in [0.2, 0.25) is 0 Å². The van der Waals surface area contributed by atoms with Crippen LogP contribution in [-0.4, -0.2) is 7.11 Å². The SMILES string of the molecule is CO[n+]1c(C#N)cccc1-c1ccc(Oc2ccc(F)cc2)cc1. The lowest BCUT2D eigenvalue weighted by atomic mass is 10.1. The van der Waals surface area contributed by atoms with Crippen molar-refractivity contribution in [1.82, 2.24) is 0 Å². The van der Waals surface area contributed by atoms with Gasteiger partial charge in [-0.3, -0.25) is 4.84 Å². The third-order valence-electron chi connectivity index (χ3n) is 3.44. The largest absolute Gasteiger partial charge is 0.457 e. The molecule has 0 spiro atoms. The average molecular weight is 321 g/mol. The number of benzene rings is 2. The molecule has 1 heterocycles. The number of rotatable bonds is 4. The van der Waals surface area contributed by atoms with Crippen LogP contribution in [0, 0.1) is 17.1 Å². The molecule has 0 aliphatic carbocycles. The van der Waals surface area contributed by atoms with Crippen LogP contribution in [0.1, 0.15) is 5.69 Å². The molecule has 1 aromatic heterocycles. The second-order valence-electron chi connectivity index (χ2n) is 4.97. The van der Waals surface area contributed by atoms with Gasteiger partial charge in [-0.15, -0.1) is 0 Å². The molecule has 2 aromatic carbocycles. The van der Waals surface area contributed by atoms with Crippen molar-refractivity contribution in [2.75, 3.05) is 7.11 Å². The van der Waals surface area contributed by atoms with E-state index in [-0.39, 0.29) is 5.82 Å². The summed E-state index contributed by atoms with van der Waals surface area (Å²) in [7, 11) is 1.51. The summed E-state index contributed by atoms with van der Waals surface area (Å²) in [5, 5.41) is 9.15. The van der Waals surface area contributed by atoms with Gasteiger partial charge in [0.1, 0.15) is 24.4 Å². The third-order valence-corrected chi connectivity index (χ3v) is 3.44. The Kier molecular flexibility index (Phi) is 4.39. The van der Waals surface area contributed by atoms with Crippen LogP contribution in [-0.2, 0) is 0 Å². The molecular formula is C19H14FN2O2+. The number of pyridine rings is 1. The van der Waals surface area contributed by atoms with Gasteiger partial charge in [0.15, 0.2) is 6.07 Å². The molecule has 0 aliphatic rings. The van der Waals surface area contributed by atoms with E-state index in [1.54, 1.807) is 36.4 Å². The molecule has 0 fully saturated rings. The van der Waals surface area contributed by atoms with E-state index in [1.165, 1.54) is 24.0 Å².